The molecule has 1 fully saturated rings. The molecule has 0 saturated carbocycles. The molecule has 26 heavy (non-hydrogen) atoms. The van der Waals surface area contributed by atoms with E-state index in [1.54, 1.807) is 4.31 Å². The quantitative estimate of drug-likeness (QED) is 0.878. The summed E-state index contributed by atoms with van der Waals surface area (Å²) in [6, 6.07) is 13.4. The van der Waals surface area contributed by atoms with E-state index in [2.05, 4.69) is 10.2 Å². The second-order valence-corrected chi connectivity index (χ2v) is 8.81. The standard InChI is InChI=1S/C19H24N4O2S/c24-26(25,15-16-4-2-1-3-5-16)23-11-8-18-17(14-23)6-7-19(21-18)22-12-9-20-10-13-22/h1-7,20H,8-15H2. The van der Waals surface area contributed by atoms with Crippen LogP contribution in [0.2, 0.25) is 0 Å². The van der Waals surface area contributed by atoms with E-state index in [0.717, 1.165) is 48.8 Å². The SMILES string of the molecule is O=S(=O)(Cc1ccccc1)N1CCc2nc(N3CCNCC3)ccc2C1. The Morgan fingerprint density at radius 2 is 1.77 bits per heavy atom. The number of aromatic nitrogens is 1. The molecule has 2 aromatic rings. The maximum atomic E-state index is 12.8. The van der Waals surface area contributed by atoms with Crippen molar-refractivity contribution >= 4 is 15.8 Å². The zero-order valence-corrected chi connectivity index (χ0v) is 15.6. The molecule has 0 atom stereocenters. The lowest BCUT2D eigenvalue weighted by Crippen LogP contribution is -2.44. The fourth-order valence-corrected chi connectivity index (χ4v) is 5.06. The third kappa shape index (κ3) is 3.75. The van der Waals surface area contributed by atoms with Crippen LogP contribution >= 0.6 is 0 Å². The Labute approximate surface area is 154 Å². The van der Waals surface area contributed by atoms with E-state index < -0.39 is 10.0 Å². The Bertz CT molecular complexity index is 864. The van der Waals surface area contributed by atoms with Crippen LogP contribution in [0.3, 0.4) is 0 Å². The Kier molecular flexibility index (Phi) is 4.93. The maximum absolute atomic E-state index is 12.8. The average Bonchev–Trinajstić information content (AvgIpc) is 2.68. The van der Waals surface area contributed by atoms with Gasteiger partial charge in [0.2, 0.25) is 10.0 Å². The molecule has 1 N–H and O–H groups in total. The first-order valence-corrected chi connectivity index (χ1v) is 10.7. The van der Waals surface area contributed by atoms with Crippen LogP contribution in [0.5, 0.6) is 0 Å². The van der Waals surface area contributed by atoms with Crippen LogP contribution in [0, 0.1) is 0 Å². The van der Waals surface area contributed by atoms with Gasteiger partial charge in [-0.15, -0.1) is 0 Å². The third-order valence-electron chi connectivity index (χ3n) is 5.02. The molecule has 6 nitrogen and oxygen atoms in total. The molecule has 4 rings (SSSR count). The number of nitrogens with zero attached hydrogens (tertiary/aromatic N) is 3. The Morgan fingerprint density at radius 1 is 1.00 bits per heavy atom. The summed E-state index contributed by atoms with van der Waals surface area (Å²) < 4.78 is 27.1. The van der Waals surface area contributed by atoms with Crippen molar-refractivity contribution in [2.24, 2.45) is 0 Å². The molecule has 2 aliphatic rings. The molecule has 3 heterocycles. The minimum atomic E-state index is -3.32. The number of rotatable bonds is 4. The first-order chi connectivity index (χ1) is 12.6. The van der Waals surface area contributed by atoms with Crippen LogP contribution in [0.4, 0.5) is 5.82 Å². The predicted octanol–water partition coefficient (Wildman–Crippen LogP) is 1.38. The molecular weight excluding hydrogens is 348 g/mol. The molecule has 0 aliphatic carbocycles. The summed E-state index contributed by atoms with van der Waals surface area (Å²) in [6.07, 6.45) is 0.670. The van der Waals surface area contributed by atoms with Crippen LogP contribution in [-0.4, -0.2) is 50.4 Å². The van der Waals surface area contributed by atoms with Crippen molar-refractivity contribution in [3.63, 3.8) is 0 Å². The summed E-state index contributed by atoms with van der Waals surface area (Å²) in [7, 11) is -3.32. The van der Waals surface area contributed by atoms with Crippen molar-refractivity contribution in [3.8, 4) is 0 Å². The molecule has 0 bridgehead atoms. The highest BCUT2D eigenvalue weighted by Crippen LogP contribution is 2.24. The van der Waals surface area contributed by atoms with Crippen molar-refractivity contribution in [3.05, 3.63) is 59.3 Å². The van der Waals surface area contributed by atoms with Crippen LogP contribution in [0.1, 0.15) is 16.8 Å². The highest BCUT2D eigenvalue weighted by Gasteiger charge is 2.28. The fourth-order valence-electron chi connectivity index (χ4n) is 3.56. The normalized spacial score (nSPS) is 18.5. The van der Waals surface area contributed by atoms with E-state index in [9.17, 15) is 8.42 Å². The topological polar surface area (TPSA) is 65.5 Å². The van der Waals surface area contributed by atoms with Gasteiger partial charge in [0.15, 0.2) is 0 Å². The molecule has 0 unspecified atom stereocenters. The van der Waals surface area contributed by atoms with Gasteiger partial charge in [-0.25, -0.2) is 13.4 Å². The second-order valence-electron chi connectivity index (χ2n) is 6.84. The van der Waals surface area contributed by atoms with E-state index in [1.807, 2.05) is 42.5 Å². The Morgan fingerprint density at radius 3 is 2.54 bits per heavy atom. The van der Waals surface area contributed by atoms with E-state index in [-0.39, 0.29) is 5.75 Å². The highest BCUT2D eigenvalue weighted by molar-refractivity contribution is 7.88. The molecule has 0 amide bonds. The largest absolute Gasteiger partial charge is 0.354 e. The van der Waals surface area contributed by atoms with Gasteiger partial charge in [-0.05, 0) is 17.2 Å². The maximum Gasteiger partial charge on any atom is 0.218 e. The smallest absolute Gasteiger partial charge is 0.218 e. The summed E-state index contributed by atoms with van der Waals surface area (Å²) >= 11 is 0. The minimum absolute atomic E-state index is 0.0511. The number of anilines is 1. The van der Waals surface area contributed by atoms with Gasteiger partial charge in [0.05, 0.1) is 5.75 Å². The molecule has 1 aromatic heterocycles. The summed E-state index contributed by atoms with van der Waals surface area (Å²) in [5.41, 5.74) is 2.88. The van der Waals surface area contributed by atoms with E-state index in [1.165, 1.54) is 0 Å². The first kappa shape index (κ1) is 17.5. The molecule has 7 heteroatoms. The van der Waals surface area contributed by atoms with Crippen molar-refractivity contribution in [2.75, 3.05) is 37.6 Å². The van der Waals surface area contributed by atoms with Gasteiger partial charge >= 0.3 is 0 Å². The minimum Gasteiger partial charge on any atom is -0.354 e. The summed E-state index contributed by atoms with van der Waals surface area (Å²) in [5.74, 6) is 1.06. The van der Waals surface area contributed by atoms with Gasteiger partial charge in [-0.2, -0.15) is 4.31 Å². The predicted molar refractivity (Wildman–Crippen MR) is 102 cm³/mol. The van der Waals surface area contributed by atoms with Crippen LogP contribution in [0.25, 0.3) is 0 Å². The van der Waals surface area contributed by atoms with Crippen molar-refractivity contribution in [1.29, 1.82) is 0 Å². The summed E-state index contributed by atoms with van der Waals surface area (Å²) in [6.45, 7) is 4.79. The lowest BCUT2D eigenvalue weighted by molar-refractivity contribution is 0.387. The monoisotopic (exact) mass is 372 g/mol. The molecule has 2 aliphatic heterocycles. The van der Waals surface area contributed by atoms with Gasteiger partial charge in [0, 0.05) is 51.4 Å². The molecule has 0 radical (unpaired) electrons. The number of hydrogen-bond donors (Lipinski definition) is 1. The van der Waals surface area contributed by atoms with Gasteiger partial charge in [-0.1, -0.05) is 36.4 Å². The van der Waals surface area contributed by atoms with Crippen molar-refractivity contribution in [1.82, 2.24) is 14.6 Å². The zero-order chi connectivity index (χ0) is 18.0. The second kappa shape index (κ2) is 7.34. The average molecular weight is 372 g/mol. The zero-order valence-electron chi connectivity index (χ0n) is 14.8. The Hall–Kier alpha value is -1.96. The number of fused-ring (bicyclic) bond motifs is 1. The van der Waals surface area contributed by atoms with E-state index in [0.29, 0.717) is 19.5 Å². The molecule has 1 aromatic carbocycles. The number of piperazine rings is 1. The third-order valence-corrected chi connectivity index (χ3v) is 6.82. The Balaban J connectivity index is 1.49. The summed E-state index contributed by atoms with van der Waals surface area (Å²) in [4.78, 5) is 7.10. The highest BCUT2D eigenvalue weighted by atomic mass is 32.2. The molecular formula is C19H24N4O2S. The lowest BCUT2D eigenvalue weighted by Gasteiger charge is -2.31. The summed E-state index contributed by atoms with van der Waals surface area (Å²) in [5, 5.41) is 3.35. The molecule has 138 valence electrons. The lowest BCUT2D eigenvalue weighted by atomic mass is 10.1. The number of hydrogen-bond acceptors (Lipinski definition) is 5. The van der Waals surface area contributed by atoms with E-state index >= 15 is 0 Å². The van der Waals surface area contributed by atoms with Crippen molar-refractivity contribution < 1.29 is 8.42 Å². The molecule has 1 saturated heterocycles. The van der Waals surface area contributed by atoms with Gasteiger partial charge in [-0.3, -0.25) is 0 Å². The molecule has 0 spiro atoms. The van der Waals surface area contributed by atoms with Crippen LogP contribution < -0.4 is 10.2 Å². The van der Waals surface area contributed by atoms with Gasteiger partial charge < -0.3 is 10.2 Å². The van der Waals surface area contributed by atoms with Gasteiger partial charge in [0.1, 0.15) is 5.82 Å². The first-order valence-electron chi connectivity index (χ1n) is 9.08. The van der Waals surface area contributed by atoms with Gasteiger partial charge in [0.25, 0.3) is 0 Å². The van der Waals surface area contributed by atoms with Crippen molar-refractivity contribution in [2.45, 2.75) is 18.7 Å². The number of pyridine rings is 1. The number of sulfonamides is 1. The number of benzene rings is 1. The van der Waals surface area contributed by atoms with E-state index in [4.69, 9.17) is 4.98 Å². The number of nitrogens with one attached hydrogen (secondary N) is 1. The fraction of sp³-hybridized carbons (Fsp3) is 0.421. The van der Waals surface area contributed by atoms with Crippen LogP contribution in [-0.2, 0) is 28.7 Å². The van der Waals surface area contributed by atoms with Crippen LogP contribution in [0.15, 0.2) is 42.5 Å².